The molecule has 27 heavy (non-hydrogen) atoms. The first-order valence-corrected chi connectivity index (χ1v) is 9.88. The second-order valence-electron chi connectivity index (χ2n) is 7.08. The van der Waals surface area contributed by atoms with Crippen molar-refractivity contribution in [3.8, 4) is 11.4 Å². The van der Waals surface area contributed by atoms with Gasteiger partial charge in [-0.2, -0.15) is 5.10 Å². The van der Waals surface area contributed by atoms with Crippen LogP contribution in [0.5, 0.6) is 0 Å². The van der Waals surface area contributed by atoms with E-state index in [-0.39, 0.29) is 17.9 Å². The van der Waals surface area contributed by atoms with E-state index < -0.39 is 0 Å². The molecule has 2 N–H and O–H groups in total. The van der Waals surface area contributed by atoms with Gasteiger partial charge < -0.3 is 15.0 Å². The van der Waals surface area contributed by atoms with E-state index in [0.29, 0.717) is 47.0 Å². The maximum atomic E-state index is 11.7. The number of halogens is 1. The Morgan fingerprint density at radius 1 is 1.33 bits per heavy atom. The van der Waals surface area contributed by atoms with Crippen molar-refractivity contribution in [1.29, 1.82) is 0 Å². The highest BCUT2D eigenvalue weighted by atomic mass is 127. The third-order valence-corrected chi connectivity index (χ3v) is 6.39. The van der Waals surface area contributed by atoms with Gasteiger partial charge in [-0.05, 0) is 48.3 Å². The van der Waals surface area contributed by atoms with Crippen molar-refractivity contribution < 1.29 is 14.1 Å². The Bertz CT molecular complexity index is 1050. The van der Waals surface area contributed by atoms with Gasteiger partial charge in [-0.25, -0.2) is 14.6 Å². The number of carbonyl (C=O) groups excluding carboxylic acids is 1. The number of aromatic nitrogens is 5. The third-order valence-electron chi connectivity index (χ3n) is 5.34. The summed E-state index contributed by atoms with van der Waals surface area (Å²) in [6, 6.07) is 0.0621. The number of fused-ring (bicyclic) bond motifs is 1. The molecule has 2 aliphatic carbocycles. The number of ether oxygens (including phenoxy) is 1. The van der Waals surface area contributed by atoms with Crippen LogP contribution < -0.4 is 5.73 Å². The molecule has 0 atom stereocenters. The highest BCUT2D eigenvalue weighted by Gasteiger charge is 2.39. The molecule has 3 aromatic rings. The van der Waals surface area contributed by atoms with Crippen molar-refractivity contribution in [3.05, 3.63) is 15.7 Å². The van der Waals surface area contributed by atoms with Crippen molar-refractivity contribution in [3.63, 3.8) is 0 Å². The van der Waals surface area contributed by atoms with E-state index in [2.05, 4.69) is 37.7 Å². The lowest BCUT2D eigenvalue weighted by molar-refractivity contribution is -0.149. The van der Waals surface area contributed by atoms with Crippen LogP contribution in [-0.2, 0) is 9.53 Å². The van der Waals surface area contributed by atoms with Crippen LogP contribution >= 0.6 is 22.6 Å². The average molecular weight is 480 g/mol. The SMILES string of the molecule is COC(=O)C1CC(n2nc(-c3noc(C4CC4)c3I)c3c(N)ncnc32)C1. The quantitative estimate of drug-likeness (QED) is 0.447. The minimum atomic E-state index is -0.183. The second-order valence-corrected chi connectivity index (χ2v) is 8.16. The zero-order valence-electron chi connectivity index (χ0n) is 14.6. The van der Waals surface area contributed by atoms with Gasteiger partial charge in [0.25, 0.3) is 0 Å². The van der Waals surface area contributed by atoms with Crippen LogP contribution in [0.25, 0.3) is 22.4 Å². The number of anilines is 1. The fraction of sp³-hybridized carbons (Fsp3) is 0.471. The van der Waals surface area contributed by atoms with Gasteiger partial charge in [0.2, 0.25) is 0 Å². The van der Waals surface area contributed by atoms with Crippen molar-refractivity contribution in [1.82, 2.24) is 24.9 Å². The lowest BCUT2D eigenvalue weighted by Crippen LogP contribution is -2.33. The number of methoxy groups -OCH3 is 1. The summed E-state index contributed by atoms with van der Waals surface area (Å²) >= 11 is 2.26. The molecular formula is C17H17IN6O3. The largest absolute Gasteiger partial charge is 0.469 e. The molecular weight excluding hydrogens is 463 g/mol. The fourth-order valence-corrected chi connectivity index (χ4v) is 4.49. The molecule has 140 valence electrons. The summed E-state index contributed by atoms with van der Waals surface area (Å²) < 4.78 is 13.2. The minimum Gasteiger partial charge on any atom is -0.469 e. The smallest absolute Gasteiger partial charge is 0.308 e. The van der Waals surface area contributed by atoms with Gasteiger partial charge in [-0.15, -0.1) is 0 Å². The molecule has 3 aromatic heterocycles. The van der Waals surface area contributed by atoms with Gasteiger partial charge in [-0.1, -0.05) is 5.16 Å². The standard InChI is InChI=1S/C17H17IN6O3/c1-26-17(25)8-4-9(5-8)24-16-10(15(19)20-6-21-16)12(22-24)13-11(18)14(27-23-13)7-2-3-7/h6-9H,2-5H2,1H3,(H2,19,20,21). The third kappa shape index (κ3) is 2.60. The van der Waals surface area contributed by atoms with E-state index in [4.69, 9.17) is 20.1 Å². The van der Waals surface area contributed by atoms with E-state index in [0.717, 1.165) is 22.2 Å². The Morgan fingerprint density at radius 3 is 2.81 bits per heavy atom. The van der Waals surface area contributed by atoms with Crippen molar-refractivity contribution in [2.24, 2.45) is 5.92 Å². The van der Waals surface area contributed by atoms with Gasteiger partial charge in [0.05, 0.1) is 28.0 Å². The molecule has 0 spiro atoms. The monoisotopic (exact) mass is 480 g/mol. The summed E-state index contributed by atoms with van der Waals surface area (Å²) in [5.41, 5.74) is 8.11. The molecule has 9 nitrogen and oxygen atoms in total. The van der Waals surface area contributed by atoms with Crippen LogP contribution in [0, 0.1) is 9.49 Å². The van der Waals surface area contributed by atoms with Crippen LogP contribution in [0.3, 0.4) is 0 Å². The van der Waals surface area contributed by atoms with Crippen molar-refractivity contribution in [2.45, 2.75) is 37.6 Å². The number of hydrogen-bond donors (Lipinski definition) is 1. The summed E-state index contributed by atoms with van der Waals surface area (Å²) in [5.74, 6) is 1.44. The molecule has 10 heteroatoms. The molecule has 0 radical (unpaired) electrons. The van der Waals surface area contributed by atoms with Gasteiger partial charge in [0.1, 0.15) is 23.5 Å². The minimum absolute atomic E-state index is 0.0621. The Kier molecular flexibility index (Phi) is 3.85. The Hall–Kier alpha value is -2.24. The van der Waals surface area contributed by atoms with Crippen molar-refractivity contribution >= 4 is 45.4 Å². The lowest BCUT2D eigenvalue weighted by Gasteiger charge is -2.33. The number of nitrogens with two attached hydrogens (primary N) is 1. The fourth-order valence-electron chi connectivity index (χ4n) is 3.60. The average Bonchev–Trinajstić information content (AvgIpc) is 3.29. The van der Waals surface area contributed by atoms with E-state index in [1.165, 1.54) is 13.4 Å². The van der Waals surface area contributed by atoms with Gasteiger partial charge in [-0.3, -0.25) is 4.79 Å². The predicted octanol–water partition coefficient (Wildman–Crippen LogP) is 2.67. The summed E-state index contributed by atoms with van der Waals surface area (Å²) in [6.45, 7) is 0. The number of esters is 1. The van der Waals surface area contributed by atoms with Gasteiger partial charge in [0.15, 0.2) is 11.4 Å². The molecule has 2 fully saturated rings. The molecule has 5 rings (SSSR count). The molecule has 3 heterocycles. The highest BCUT2D eigenvalue weighted by Crippen LogP contribution is 2.46. The van der Waals surface area contributed by atoms with Crippen LogP contribution in [0.2, 0.25) is 0 Å². The number of carbonyl (C=O) groups is 1. The number of nitrogens with zero attached hydrogens (tertiary/aromatic N) is 5. The van der Waals surface area contributed by atoms with Crippen LogP contribution in [-0.4, -0.2) is 38.0 Å². The molecule has 0 bridgehead atoms. The summed E-state index contributed by atoms with van der Waals surface area (Å²) in [5, 5.41) is 9.71. The summed E-state index contributed by atoms with van der Waals surface area (Å²) in [6.07, 6.45) is 5.01. The summed E-state index contributed by atoms with van der Waals surface area (Å²) in [7, 11) is 1.41. The normalized spacial score (nSPS) is 22.0. The molecule has 2 aliphatic rings. The predicted molar refractivity (Wildman–Crippen MR) is 104 cm³/mol. The van der Waals surface area contributed by atoms with Crippen LogP contribution in [0.1, 0.15) is 43.4 Å². The Labute approximate surface area is 167 Å². The first-order valence-electron chi connectivity index (χ1n) is 8.80. The van der Waals surface area contributed by atoms with E-state index in [1.54, 1.807) is 0 Å². The zero-order valence-corrected chi connectivity index (χ0v) is 16.7. The maximum Gasteiger partial charge on any atom is 0.308 e. The molecule has 0 aromatic carbocycles. The Morgan fingerprint density at radius 2 is 2.11 bits per heavy atom. The number of hydrogen-bond acceptors (Lipinski definition) is 8. The zero-order chi connectivity index (χ0) is 18.7. The first kappa shape index (κ1) is 16.9. The Balaban J connectivity index is 1.59. The van der Waals surface area contributed by atoms with E-state index in [1.807, 2.05) is 4.68 Å². The van der Waals surface area contributed by atoms with E-state index >= 15 is 0 Å². The van der Waals surface area contributed by atoms with Crippen molar-refractivity contribution in [2.75, 3.05) is 12.8 Å². The molecule has 0 unspecified atom stereocenters. The molecule has 0 saturated heterocycles. The van der Waals surface area contributed by atoms with E-state index in [9.17, 15) is 4.79 Å². The highest BCUT2D eigenvalue weighted by molar-refractivity contribution is 14.1. The maximum absolute atomic E-state index is 11.7. The van der Waals surface area contributed by atoms with Gasteiger partial charge in [0, 0.05) is 5.92 Å². The summed E-state index contributed by atoms with van der Waals surface area (Å²) in [4.78, 5) is 20.2. The molecule has 2 saturated carbocycles. The first-order chi connectivity index (χ1) is 13.1. The van der Waals surface area contributed by atoms with Crippen LogP contribution in [0.4, 0.5) is 5.82 Å². The number of rotatable bonds is 4. The molecule has 0 aliphatic heterocycles. The number of nitrogen functional groups attached to an aromatic ring is 1. The lowest BCUT2D eigenvalue weighted by atomic mass is 9.80. The molecule has 0 amide bonds. The second kappa shape index (κ2) is 6.14. The van der Waals surface area contributed by atoms with Crippen LogP contribution in [0.15, 0.2) is 10.9 Å². The van der Waals surface area contributed by atoms with Gasteiger partial charge >= 0.3 is 5.97 Å². The topological polar surface area (TPSA) is 122 Å².